The zero-order valence-electron chi connectivity index (χ0n) is 14.5. The number of carbonyl (C=O) groups is 1. The van der Waals surface area contributed by atoms with E-state index in [2.05, 4.69) is 9.71 Å². The first kappa shape index (κ1) is 18.9. The fourth-order valence-corrected chi connectivity index (χ4v) is 3.91. The third-order valence-corrected chi connectivity index (χ3v) is 5.88. The summed E-state index contributed by atoms with van der Waals surface area (Å²) in [4.78, 5) is 18.1. The molecule has 0 bridgehead atoms. The Hall–Kier alpha value is -1.45. The molecule has 1 aliphatic rings. The van der Waals surface area contributed by atoms with Gasteiger partial charge in [-0.15, -0.1) is 0 Å². The molecule has 0 aromatic carbocycles. The second kappa shape index (κ2) is 7.62. The Morgan fingerprint density at radius 2 is 2.25 bits per heavy atom. The molecule has 2 atom stereocenters. The van der Waals surface area contributed by atoms with Gasteiger partial charge in [0.1, 0.15) is 5.82 Å². The number of amides is 1. The molecule has 0 aliphatic carbocycles. The fourth-order valence-electron chi connectivity index (χ4n) is 2.85. The van der Waals surface area contributed by atoms with Crippen LogP contribution in [0, 0.1) is 12.8 Å². The first-order valence-electron chi connectivity index (χ1n) is 8.23. The molecule has 1 aromatic heterocycles. The summed E-state index contributed by atoms with van der Waals surface area (Å²) >= 11 is 0. The van der Waals surface area contributed by atoms with Gasteiger partial charge in [0.2, 0.25) is 5.91 Å². The van der Waals surface area contributed by atoms with Gasteiger partial charge in [-0.05, 0) is 32.6 Å². The number of hydrogen-bond acceptors (Lipinski definition) is 5. The molecule has 0 spiro atoms. The van der Waals surface area contributed by atoms with Crippen LogP contribution in [0.15, 0.2) is 11.2 Å². The highest BCUT2D eigenvalue weighted by atomic mass is 32.2. The van der Waals surface area contributed by atoms with Gasteiger partial charge in [0.15, 0.2) is 5.03 Å². The second-order valence-corrected chi connectivity index (χ2v) is 8.20. The maximum atomic E-state index is 12.3. The van der Waals surface area contributed by atoms with Crippen LogP contribution in [0.5, 0.6) is 0 Å². The van der Waals surface area contributed by atoms with Crippen molar-refractivity contribution >= 4 is 15.9 Å². The summed E-state index contributed by atoms with van der Waals surface area (Å²) in [6.07, 6.45) is 3.57. The second-order valence-electron chi connectivity index (χ2n) is 6.49. The minimum absolute atomic E-state index is 0.0232. The number of rotatable bonds is 6. The summed E-state index contributed by atoms with van der Waals surface area (Å²) in [5.41, 5.74) is 5.93. The lowest BCUT2D eigenvalue weighted by Gasteiger charge is -2.34. The van der Waals surface area contributed by atoms with Crippen molar-refractivity contribution in [1.82, 2.24) is 19.2 Å². The standard InChI is InChI=1S/C15H27N5O3S/c1-11(16)13-5-4-8-20(9-13)15(21)6-7-17-24(22,23)14-10-19(3)12(2)18-14/h10-11,13,17H,4-9,16H2,1-3H3. The zero-order valence-corrected chi connectivity index (χ0v) is 15.3. The van der Waals surface area contributed by atoms with Gasteiger partial charge in [-0.25, -0.2) is 18.1 Å². The Balaban J connectivity index is 1.86. The van der Waals surface area contributed by atoms with E-state index in [9.17, 15) is 13.2 Å². The highest BCUT2D eigenvalue weighted by Crippen LogP contribution is 2.19. The molecule has 1 saturated heterocycles. The average Bonchev–Trinajstić information content (AvgIpc) is 2.87. The zero-order chi connectivity index (χ0) is 17.9. The van der Waals surface area contributed by atoms with Crippen LogP contribution in [0.2, 0.25) is 0 Å². The van der Waals surface area contributed by atoms with E-state index < -0.39 is 10.0 Å². The van der Waals surface area contributed by atoms with E-state index in [-0.39, 0.29) is 29.9 Å². The summed E-state index contributed by atoms with van der Waals surface area (Å²) < 4.78 is 28.4. The molecule has 8 nitrogen and oxygen atoms in total. The van der Waals surface area contributed by atoms with E-state index in [0.29, 0.717) is 24.8 Å². The van der Waals surface area contributed by atoms with Gasteiger partial charge in [-0.3, -0.25) is 4.79 Å². The van der Waals surface area contributed by atoms with Crippen molar-refractivity contribution in [2.24, 2.45) is 18.7 Å². The first-order chi connectivity index (χ1) is 11.2. The van der Waals surface area contributed by atoms with E-state index in [1.165, 1.54) is 6.20 Å². The topological polar surface area (TPSA) is 110 Å². The predicted molar refractivity (Wildman–Crippen MR) is 90.7 cm³/mol. The van der Waals surface area contributed by atoms with Gasteiger partial charge in [-0.2, -0.15) is 0 Å². The molecule has 136 valence electrons. The Morgan fingerprint density at radius 3 is 2.83 bits per heavy atom. The molecule has 2 unspecified atom stereocenters. The van der Waals surface area contributed by atoms with E-state index >= 15 is 0 Å². The molecule has 24 heavy (non-hydrogen) atoms. The summed E-state index contributed by atoms with van der Waals surface area (Å²) in [6, 6.07) is 0.0616. The van der Waals surface area contributed by atoms with Gasteiger partial charge in [0.05, 0.1) is 0 Å². The summed E-state index contributed by atoms with van der Waals surface area (Å²) in [7, 11) is -1.95. The van der Waals surface area contributed by atoms with E-state index in [1.54, 1.807) is 23.4 Å². The van der Waals surface area contributed by atoms with Crippen molar-refractivity contribution in [2.75, 3.05) is 19.6 Å². The molecule has 9 heteroatoms. The normalized spacial score (nSPS) is 20.2. The number of imidazole rings is 1. The quantitative estimate of drug-likeness (QED) is 0.743. The minimum atomic E-state index is -3.69. The van der Waals surface area contributed by atoms with Crippen LogP contribution < -0.4 is 10.5 Å². The monoisotopic (exact) mass is 357 g/mol. The maximum Gasteiger partial charge on any atom is 0.259 e. The van der Waals surface area contributed by atoms with Crippen LogP contribution in [0.1, 0.15) is 32.0 Å². The van der Waals surface area contributed by atoms with Crippen molar-refractivity contribution in [3.05, 3.63) is 12.0 Å². The number of piperidine rings is 1. The molecular formula is C15H27N5O3S. The van der Waals surface area contributed by atoms with Crippen LogP contribution in [-0.4, -0.2) is 54.5 Å². The average molecular weight is 357 g/mol. The third kappa shape index (κ3) is 4.55. The number of nitrogens with two attached hydrogens (primary N) is 1. The third-order valence-electron chi connectivity index (χ3n) is 4.55. The van der Waals surface area contributed by atoms with Crippen molar-refractivity contribution in [2.45, 2.75) is 44.2 Å². The Kier molecular flexibility index (Phi) is 6.00. The number of carbonyl (C=O) groups excluding carboxylic acids is 1. The summed E-state index contributed by atoms with van der Waals surface area (Å²) in [5, 5.41) is -0.0232. The number of aryl methyl sites for hydroxylation is 2. The molecule has 3 N–H and O–H groups in total. The number of aromatic nitrogens is 2. The predicted octanol–water partition coefficient (Wildman–Crippen LogP) is -0.0173. The number of nitrogens with one attached hydrogen (secondary N) is 1. The molecule has 0 radical (unpaired) electrons. The summed E-state index contributed by atoms with van der Waals surface area (Å²) in [6.45, 7) is 5.13. The molecule has 1 amide bonds. The molecule has 0 saturated carbocycles. The molecule has 1 fully saturated rings. The number of sulfonamides is 1. The Bertz CT molecular complexity index is 664. The number of nitrogens with zero attached hydrogens (tertiary/aromatic N) is 3. The van der Waals surface area contributed by atoms with Crippen LogP contribution in [0.3, 0.4) is 0 Å². The van der Waals surface area contributed by atoms with Crippen molar-refractivity contribution < 1.29 is 13.2 Å². The Labute approximate surface area is 143 Å². The van der Waals surface area contributed by atoms with E-state index in [4.69, 9.17) is 5.73 Å². The van der Waals surface area contributed by atoms with Crippen molar-refractivity contribution in [3.63, 3.8) is 0 Å². The molecule has 1 aromatic rings. The van der Waals surface area contributed by atoms with Crippen molar-refractivity contribution in [3.8, 4) is 0 Å². The first-order valence-corrected chi connectivity index (χ1v) is 9.72. The smallest absolute Gasteiger partial charge is 0.259 e. The van der Waals surface area contributed by atoms with Crippen LogP contribution in [0.4, 0.5) is 0 Å². The highest BCUT2D eigenvalue weighted by molar-refractivity contribution is 7.89. The fraction of sp³-hybridized carbons (Fsp3) is 0.733. The van der Waals surface area contributed by atoms with E-state index in [1.807, 2.05) is 6.92 Å². The summed E-state index contributed by atoms with van der Waals surface area (Å²) in [5.74, 6) is 0.887. The van der Waals surface area contributed by atoms with Gasteiger partial charge < -0.3 is 15.2 Å². The molecular weight excluding hydrogens is 330 g/mol. The lowest BCUT2D eigenvalue weighted by molar-refractivity contribution is -0.132. The molecule has 2 rings (SSSR count). The van der Waals surface area contributed by atoms with Gasteiger partial charge in [-0.1, -0.05) is 0 Å². The van der Waals surface area contributed by atoms with E-state index in [0.717, 1.165) is 12.8 Å². The van der Waals surface area contributed by atoms with Crippen LogP contribution in [0.25, 0.3) is 0 Å². The molecule has 2 heterocycles. The minimum Gasteiger partial charge on any atom is -0.342 e. The largest absolute Gasteiger partial charge is 0.342 e. The van der Waals surface area contributed by atoms with Crippen molar-refractivity contribution in [1.29, 1.82) is 0 Å². The van der Waals surface area contributed by atoms with Gasteiger partial charge in [0, 0.05) is 45.3 Å². The number of likely N-dealkylation sites (tertiary alicyclic amines) is 1. The Morgan fingerprint density at radius 1 is 1.54 bits per heavy atom. The van der Waals surface area contributed by atoms with Crippen LogP contribution >= 0.6 is 0 Å². The van der Waals surface area contributed by atoms with Gasteiger partial charge in [0.25, 0.3) is 10.0 Å². The molecule has 1 aliphatic heterocycles. The van der Waals surface area contributed by atoms with Crippen LogP contribution in [-0.2, 0) is 21.9 Å². The number of hydrogen-bond donors (Lipinski definition) is 2. The maximum absolute atomic E-state index is 12.3. The highest BCUT2D eigenvalue weighted by Gasteiger charge is 2.26. The lowest BCUT2D eigenvalue weighted by atomic mass is 9.92. The van der Waals surface area contributed by atoms with Gasteiger partial charge >= 0.3 is 0 Å². The lowest BCUT2D eigenvalue weighted by Crippen LogP contribution is -2.45. The SMILES string of the molecule is Cc1nc(S(=O)(=O)NCCC(=O)N2CCCC(C(C)N)C2)cn1C.